The van der Waals surface area contributed by atoms with Crippen molar-refractivity contribution in [1.82, 2.24) is 24.8 Å². The normalized spacial score (nSPS) is 26.1. The van der Waals surface area contributed by atoms with Crippen molar-refractivity contribution in [3.8, 4) is 5.75 Å². The van der Waals surface area contributed by atoms with E-state index in [4.69, 9.17) is 16.3 Å². The van der Waals surface area contributed by atoms with E-state index in [2.05, 4.69) is 10.3 Å². The molecule has 4 atom stereocenters. The van der Waals surface area contributed by atoms with Crippen LogP contribution in [0.15, 0.2) is 12.1 Å². The highest BCUT2D eigenvalue weighted by molar-refractivity contribution is 6.31. The molecule has 13 heteroatoms. The summed E-state index contributed by atoms with van der Waals surface area (Å²) >= 11 is 6.66. The SMILES string of the molecule is C[C@H]1CCC(=O)N1C[C@@H]1c2c(OCc3nnn(C)c3C(F)F)ccc(Cl)c2CCN1C(=O)[C@@H]1CCCC[C@]1(C)C(=O)O. The highest BCUT2D eigenvalue weighted by Gasteiger charge is 2.50. The first-order chi connectivity index (χ1) is 19.9. The van der Waals surface area contributed by atoms with Gasteiger partial charge in [0.05, 0.1) is 17.4 Å². The standard InChI is InChI=1S/C29H36ClF2N5O5/c1-16-7-10-23(38)37(16)14-21-24-17(11-13-36(21)27(39)18-6-4-5-12-29(18,2)28(40)41)19(30)8-9-22(24)42-15-20-25(26(31)32)35(3)34-33-20/h8-9,16,18,21,26H,4-7,10-15H2,1-3H3,(H,40,41)/t16-,18-,21+,29-/m0/s1. The molecule has 1 N–H and O–H groups in total. The Labute approximate surface area is 247 Å². The summed E-state index contributed by atoms with van der Waals surface area (Å²) in [5.41, 5.74) is -0.223. The van der Waals surface area contributed by atoms with Crippen LogP contribution < -0.4 is 4.74 Å². The van der Waals surface area contributed by atoms with Crippen LogP contribution in [0.5, 0.6) is 5.75 Å². The number of hydrogen-bond acceptors (Lipinski definition) is 6. The second-order valence-electron chi connectivity index (χ2n) is 11.8. The Morgan fingerprint density at radius 3 is 2.67 bits per heavy atom. The zero-order valence-corrected chi connectivity index (χ0v) is 24.7. The van der Waals surface area contributed by atoms with Gasteiger partial charge in [-0.3, -0.25) is 14.4 Å². The number of hydrogen-bond donors (Lipinski definition) is 1. The van der Waals surface area contributed by atoms with Crippen LogP contribution in [0.25, 0.3) is 0 Å². The molecule has 1 aromatic carbocycles. The molecule has 3 heterocycles. The molecule has 1 saturated heterocycles. The van der Waals surface area contributed by atoms with Gasteiger partial charge in [-0.05, 0) is 57.2 Å². The van der Waals surface area contributed by atoms with E-state index in [9.17, 15) is 28.3 Å². The maximum atomic E-state index is 14.3. The molecule has 0 unspecified atom stereocenters. The number of aromatic nitrogens is 3. The molecule has 228 valence electrons. The van der Waals surface area contributed by atoms with Gasteiger partial charge in [-0.1, -0.05) is 29.7 Å². The summed E-state index contributed by atoms with van der Waals surface area (Å²) in [7, 11) is 1.38. The van der Waals surface area contributed by atoms with Crippen LogP contribution in [0.1, 0.15) is 87.4 Å². The number of carbonyl (C=O) groups excluding carboxylic acids is 2. The Hall–Kier alpha value is -3.28. The first-order valence-electron chi connectivity index (χ1n) is 14.4. The molecule has 5 rings (SSSR count). The summed E-state index contributed by atoms with van der Waals surface area (Å²) in [6.07, 6.45) is 1.02. The van der Waals surface area contributed by atoms with Crippen molar-refractivity contribution in [3.63, 3.8) is 0 Å². The zero-order chi connectivity index (χ0) is 30.3. The summed E-state index contributed by atoms with van der Waals surface area (Å²) in [6.45, 7) is 3.78. The number of alkyl halides is 2. The number of ether oxygens (including phenoxy) is 1. The lowest BCUT2D eigenvalue weighted by atomic mass is 9.66. The Kier molecular flexibility index (Phi) is 8.46. The largest absolute Gasteiger partial charge is 0.487 e. The van der Waals surface area contributed by atoms with Crippen LogP contribution >= 0.6 is 11.6 Å². The number of aryl methyl sites for hydroxylation is 1. The molecule has 2 aromatic rings. The monoisotopic (exact) mass is 607 g/mol. The van der Waals surface area contributed by atoms with E-state index in [1.165, 1.54) is 7.05 Å². The van der Waals surface area contributed by atoms with Crippen LogP contribution in [-0.4, -0.2) is 66.8 Å². The minimum Gasteiger partial charge on any atom is -0.487 e. The topological polar surface area (TPSA) is 118 Å². The van der Waals surface area contributed by atoms with Gasteiger partial charge in [0.1, 0.15) is 23.7 Å². The van der Waals surface area contributed by atoms with Crippen molar-refractivity contribution < 1.29 is 33.0 Å². The van der Waals surface area contributed by atoms with E-state index < -0.39 is 29.8 Å². The zero-order valence-electron chi connectivity index (χ0n) is 24.0. The van der Waals surface area contributed by atoms with E-state index in [1.54, 1.807) is 28.9 Å². The number of amides is 2. The molecular formula is C29H36ClF2N5O5. The van der Waals surface area contributed by atoms with Gasteiger partial charge in [0.25, 0.3) is 6.43 Å². The van der Waals surface area contributed by atoms with Crippen molar-refractivity contribution in [2.45, 2.75) is 83.9 Å². The number of carboxylic acids is 1. The molecule has 2 fully saturated rings. The Morgan fingerprint density at radius 2 is 2.00 bits per heavy atom. The predicted octanol–water partition coefficient (Wildman–Crippen LogP) is 4.70. The number of benzene rings is 1. The number of nitrogens with zero attached hydrogens (tertiary/aromatic N) is 5. The molecule has 10 nitrogen and oxygen atoms in total. The van der Waals surface area contributed by atoms with Crippen LogP contribution in [0, 0.1) is 11.3 Å². The fraction of sp³-hybridized carbons (Fsp3) is 0.621. The minimum absolute atomic E-state index is 0.0146. The fourth-order valence-corrected chi connectivity index (χ4v) is 7.07. The number of aliphatic carboxylic acids is 1. The molecule has 1 saturated carbocycles. The average molecular weight is 608 g/mol. The van der Waals surface area contributed by atoms with E-state index in [0.29, 0.717) is 55.0 Å². The predicted molar refractivity (Wildman–Crippen MR) is 148 cm³/mol. The van der Waals surface area contributed by atoms with Gasteiger partial charge < -0.3 is 19.6 Å². The molecule has 2 aliphatic heterocycles. The average Bonchev–Trinajstić information content (AvgIpc) is 3.49. The first-order valence-corrected chi connectivity index (χ1v) is 14.8. The van der Waals surface area contributed by atoms with Gasteiger partial charge in [-0.25, -0.2) is 13.5 Å². The maximum absolute atomic E-state index is 14.3. The first kappa shape index (κ1) is 30.2. The minimum atomic E-state index is -2.80. The third-order valence-electron chi connectivity index (χ3n) is 9.36. The van der Waals surface area contributed by atoms with Crippen LogP contribution in [-0.2, 0) is 34.5 Å². The molecule has 0 radical (unpaired) electrons. The quantitative estimate of drug-likeness (QED) is 0.462. The summed E-state index contributed by atoms with van der Waals surface area (Å²) in [4.78, 5) is 43.0. The lowest BCUT2D eigenvalue weighted by molar-refractivity contribution is -0.162. The molecule has 2 amide bonds. The summed E-state index contributed by atoms with van der Waals surface area (Å²) in [5, 5.41) is 18.2. The van der Waals surface area contributed by atoms with Crippen molar-refractivity contribution >= 4 is 29.4 Å². The lowest BCUT2D eigenvalue weighted by Gasteiger charge is -2.45. The van der Waals surface area contributed by atoms with Gasteiger partial charge >= 0.3 is 5.97 Å². The maximum Gasteiger partial charge on any atom is 0.310 e. The molecule has 3 aliphatic rings. The van der Waals surface area contributed by atoms with E-state index >= 15 is 0 Å². The third kappa shape index (κ3) is 5.33. The smallest absolute Gasteiger partial charge is 0.310 e. The van der Waals surface area contributed by atoms with Gasteiger partial charge in [-0.2, -0.15) is 0 Å². The number of likely N-dealkylation sites (tertiary alicyclic amines) is 1. The summed E-state index contributed by atoms with van der Waals surface area (Å²) in [5.74, 6) is -1.68. The van der Waals surface area contributed by atoms with Crippen molar-refractivity contribution in [1.29, 1.82) is 0 Å². The van der Waals surface area contributed by atoms with Crippen LogP contribution in [0.4, 0.5) is 8.78 Å². The number of carboxylic acid groups (broad SMARTS) is 1. The lowest BCUT2D eigenvalue weighted by Crippen LogP contribution is -2.53. The number of fused-ring (bicyclic) bond motifs is 1. The van der Waals surface area contributed by atoms with Gasteiger partial charge in [-0.15, -0.1) is 5.10 Å². The Morgan fingerprint density at radius 1 is 1.24 bits per heavy atom. The van der Waals surface area contributed by atoms with E-state index in [0.717, 1.165) is 23.1 Å². The van der Waals surface area contributed by atoms with E-state index in [-0.39, 0.29) is 42.4 Å². The third-order valence-corrected chi connectivity index (χ3v) is 9.72. The molecule has 1 aromatic heterocycles. The van der Waals surface area contributed by atoms with Gasteiger partial charge in [0.15, 0.2) is 0 Å². The number of halogens is 3. The van der Waals surface area contributed by atoms with Crippen LogP contribution in [0.2, 0.25) is 5.02 Å². The summed E-state index contributed by atoms with van der Waals surface area (Å²) < 4.78 is 34.5. The van der Waals surface area contributed by atoms with Gasteiger partial charge in [0.2, 0.25) is 11.8 Å². The molecule has 0 bridgehead atoms. The molecule has 1 aliphatic carbocycles. The number of carbonyl (C=O) groups is 3. The highest BCUT2D eigenvalue weighted by Crippen LogP contribution is 2.46. The Balaban J connectivity index is 1.55. The fourth-order valence-electron chi connectivity index (χ4n) is 6.81. The van der Waals surface area contributed by atoms with Crippen molar-refractivity contribution in [2.24, 2.45) is 18.4 Å². The summed E-state index contributed by atoms with van der Waals surface area (Å²) in [6, 6.07) is 2.59. The highest BCUT2D eigenvalue weighted by atomic mass is 35.5. The molecule has 42 heavy (non-hydrogen) atoms. The van der Waals surface area contributed by atoms with Crippen molar-refractivity contribution in [2.75, 3.05) is 13.1 Å². The van der Waals surface area contributed by atoms with Gasteiger partial charge in [0, 0.05) is 43.2 Å². The number of rotatable bonds is 8. The molecule has 0 spiro atoms. The van der Waals surface area contributed by atoms with E-state index in [1.807, 2.05) is 6.92 Å². The molecular weight excluding hydrogens is 572 g/mol. The Bertz CT molecular complexity index is 1390. The second kappa shape index (κ2) is 11.8. The van der Waals surface area contributed by atoms with Crippen molar-refractivity contribution in [3.05, 3.63) is 39.7 Å². The second-order valence-corrected chi connectivity index (χ2v) is 12.2. The van der Waals surface area contributed by atoms with Crippen LogP contribution in [0.3, 0.4) is 0 Å².